The minimum Gasteiger partial charge on any atom is -0.508 e. The number of rotatable bonds is 5. The fourth-order valence-corrected chi connectivity index (χ4v) is 4.56. The smallest absolute Gasteiger partial charge is 0.316 e. The van der Waals surface area contributed by atoms with Crippen LogP contribution >= 0.6 is 0 Å². The van der Waals surface area contributed by atoms with Crippen LogP contribution in [0.1, 0.15) is 25.8 Å². The van der Waals surface area contributed by atoms with Crippen LogP contribution in [0, 0.1) is 24.0 Å². The number of ether oxygens (including phenoxy) is 1. The SMILES string of the molecule is C#Cc1c(F)ccc2cc(O)cc(-c3nc(N(C)c4cnn(-c5ccncc5)c4)c4cnc(OC)nc4c3F)c12.CCC. The molecule has 0 amide bonds. The van der Waals surface area contributed by atoms with Crippen LogP contribution in [0.2, 0.25) is 0 Å². The highest BCUT2D eigenvalue weighted by Gasteiger charge is 2.24. The zero-order chi connectivity index (χ0) is 30.7. The molecule has 0 bridgehead atoms. The summed E-state index contributed by atoms with van der Waals surface area (Å²) in [7, 11) is 3.10. The van der Waals surface area contributed by atoms with Gasteiger partial charge in [-0.3, -0.25) is 4.98 Å². The van der Waals surface area contributed by atoms with Gasteiger partial charge in [0, 0.05) is 36.6 Å². The molecular weight excluding hydrogens is 552 g/mol. The Morgan fingerprint density at radius 2 is 1.81 bits per heavy atom. The molecule has 0 radical (unpaired) electrons. The minimum atomic E-state index is -0.820. The van der Waals surface area contributed by atoms with E-state index < -0.39 is 11.6 Å². The summed E-state index contributed by atoms with van der Waals surface area (Å²) in [6, 6.07) is 8.92. The molecular formula is C32H27F2N7O2. The Labute approximate surface area is 246 Å². The zero-order valence-electron chi connectivity index (χ0n) is 23.9. The molecule has 9 nitrogen and oxygen atoms in total. The fraction of sp³-hybridized carbons (Fsp3) is 0.156. The fourth-order valence-electron chi connectivity index (χ4n) is 4.56. The van der Waals surface area contributed by atoms with Gasteiger partial charge in [0.15, 0.2) is 5.82 Å². The van der Waals surface area contributed by atoms with Crippen molar-refractivity contribution in [3.8, 4) is 41.0 Å². The average Bonchev–Trinajstić information content (AvgIpc) is 3.52. The van der Waals surface area contributed by atoms with Crippen LogP contribution in [0.3, 0.4) is 0 Å². The lowest BCUT2D eigenvalue weighted by Crippen LogP contribution is -2.13. The summed E-state index contributed by atoms with van der Waals surface area (Å²) in [5.74, 6) is 0.969. The quantitative estimate of drug-likeness (QED) is 0.229. The number of anilines is 2. The van der Waals surface area contributed by atoms with Crippen LogP contribution in [0.4, 0.5) is 20.3 Å². The van der Waals surface area contributed by atoms with Gasteiger partial charge in [-0.15, -0.1) is 6.42 Å². The number of nitrogens with zero attached hydrogens (tertiary/aromatic N) is 7. The van der Waals surface area contributed by atoms with E-state index in [2.05, 4.69) is 44.8 Å². The molecule has 0 unspecified atom stereocenters. The monoisotopic (exact) mass is 579 g/mol. The maximum atomic E-state index is 16.3. The number of pyridine rings is 2. The minimum absolute atomic E-state index is 0.0567. The summed E-state index contributed by atoms with van der Waals surface area (Å²) in [6.45, 7) is 4.25. The van der Waals surface area contributed by atoms with Gasteiger partial charge in [0.1, 0.15) is 28.6 Å². The van der Waals surface area contributed by atoms with E-state index in [1.807, 2.05) is 0 Å². The molecule has 11 heteroatoms. The molecule has 0 aliphatic rings. The highest BCUT2D eigenvalue weighted by Crippen LogP contribution is 2.40. The average molecular weight is 580 g/mol. The van der Waals surface area contributed by atoms with Crippen LogP contribution in [-0.2, 0) is 0 Å². The summed E-state index contributed by atoms with van der Waals surface area (Å²) in [5, 5.41) is 15.8. The van der Waals surface area contributed by atoms with Crippen molar-refractivity contribution in [2.24, 2.45) is 0 Å². The van der Waals surface area contributed by atoms with Crippen molar-refractivity contribution in [1.82, 2.24) is 29.7 Å². The van der Waals surface area contributed by atoms with Gasteiger partial charge in [-0.05, 0) is 35.7 Å². The molecule has 0 spiro atoms. The number of aromatic hydroxyl groups is 1. The number of methoxy groups -OCH3 is 1. The number of aromatic nitrogens is 6. The van der Waals surface area contributed by atoms with E-state index in [0.29, 0.717) is 11.1 Å². The molecule has 0 fully saturated rings. The predicted molar refractivity (Wildman–Crippen MR) is 162 cm³/mol. The van der Waals surface area contributed by atoms with Crippen molar-refractivity contribution in [1.29, 1.82) is 0 Å². The summed E-state index contributed by atoms with van der Waals surface area (Å²) in [6.07, 6.45) is 15.0. The van der Waals surface area contributed by atoms with Gasteiger partial charge >= 0.3 is 6.01 Å². The number of benzene rings is 2. The summed E-state index contributed by atoms with van der Waals surface area (Å²) in [4.78, 5) is 18.8. The van der Waals surface area contributed by atoms with Crippen molar-refractivity contribution >= 4 is 33.2 Å². The van der Waals surface area contributed by atoms with Crippen molar-refractivity contribution in [2.45, 2.75) is 20.3 Å². The highest BCUT2D eigenvalue weighted by atomic mass is 19.1. The van der Waals surface area contributed by atoms with Gasteiger partial charge in [0.25, 0.3) is 0 Å². The molecule has 43 heavy (non-hydrogen) atoms. The molecule has 6 aromatic rings. The van der Waals surface area contributed by atoms with Gasteiger partial charge in [0.05, 0.1) is 41.8 Å². The number of fused-ring (bicyclic) bond motifs is 2. The Kier molecular flexibility index (Phi) is 8.11. The van der Waals surface area contributed by atoms with Crippen LogP contribution in [0.25, 0.3) is 38.6 Å². The number of hydrogen-bond donors (Lipinski definition) is 1. The van der Waals surface area contributed by atoms with E-state index in [4.69, 9.17) is 11.2 Å². The van der Waals surface area contributed by atoms with E-state index in [-0.39, 0.29) is 50.7 Å². The van der Waals surface area contributed by atoms with Crippen LogP contribution in [0.15, 0.2) is 67.4 Å². The Morgan fingerprint density at radius 1 is 1.07 bits per heavy atom. The first-order valence-electron chi connectivity index (χ1n) is 13.3. The van der Waals surface area contributed by atoms with Crippen molar-refractivity contribution < 1.29 is 18.6 Å². The summed E-state index contributed by atoms with van der Waals surface area (Å²) < 4.78 is 37.8. The molecule has 0 aliphatic carbocycles. The third kappa shape index (κ3) is 5.38. The standard InChI is InChI=1S/C29H19F2N7O2.C3H8/c1-4-20-23(30)6-5-16-11-19(39)12-21(24(16)20)26-25(31)27-22(14-33-29(36-27)40-3)28(35-26)37(2)18-13-34-38(15-18)17-7-9-32-10-8-17;1-3-2/h1,5-15,39H,2-3H3;3H2,1-2H3. The topological polar surface area (TPSA) is 102 Å². The Hall–Kier alpha value is -5.63. The first-order chi connectivity index (χ1) is 20.8. The van der Waals surface area contributed by atoms with E-state index >= 15 is 4.39 Å². The number of phenols is 1. The summed E-state index contributed by atoms with van der Waals surface area (Å²) >= 11 is 0. The highest BCUT2D eigenvalue weighted by molar-refractivity contribution is 6.03. The second-order valence-electron chi connectivity index (χ2n) is 9.49. The van der Waals surface area contributed by atoms with Crippen molar-refractivity contribution in [3.63, 3.8) is 0 Å². The normalized spacial score (nSPS) is 10.7. The molecule has 4 heterocycles. The van der Waals surface area contributed by atoms with Gasteiger partial charge in [-0.2, -0.15) is 10.1 Å². The first kappa shape index (κ1) is 28.9. The molecule has 0 aliphatic heterocycles. The molecule has 2 aromatic carbocycles. The molecule has 1 N–H and O–H groups in total. The van der Waals surface area contributed by atoms with Crippen molar-refractivity contribution in [3.05, 3.63) is 84.6 Å². The lowest BCUT2D eigenvalue weighted by atomic mass is 9.95. The molecule has 4 aromatic heterocycles. The lowest BCUT2D eigenvalue weighted by Gasteiger charge is -2.20. The van der Waals surface area contributed by atoms with Crippen LogP contribution in [-0.4, -0.2) is 49.0 Å². The lowest BCUT2D eigenvalue weighted by molar-refractivity contribution is 0.381. The molecule has 6 rings (SSSR count). The Bertz CT molecular complexity index is 1990. The largest absolute Gasteiger partial charge is 0.508 e. The predicted octanol–water partition coefficient (Wildman–Crippen LogP) is 6.58. The third-order valence-electron chi connectivity index (χ3n) is 6.48. The van der Waals surface area contributed by atoms with Gasteiger partial charge in [-0.25, -0.2) is 23.4 Å². The zero-order valence-corrected chi connectivity index (χ0v) is 23.9. The number of terminal acetylenes is 1. The van der Waals surface area contributed by atoms with Crippen molar-refractivity contribution in [2.75, 3.05) is 19.1 Å². The van der Waals surface area contributed by atoms with E-state index in [1.165, 1.54) is 44.0 Å². The van der Waals surface area contributed by atoms with Gasteiger partial charge < -0.3 is 14.7 Å². The molecule has 216 valence electrons. The number of phenolic OH excluding ortho intramolecular Hbond substituents is 1. The molecule has 0 saturated carbocycles. The number of hydrogen-bond acceptors (Lipinski definition) is 8. The van der Waals surface area contributed by atoms with E-state index in [0.717, 1.165) is 5.69 Å². The first-order valence-corrected chi connectivity index (χ1v) is 13.3. The summed E-state index contributed by atoms with van der Waals surface area (Å²) in [5.41, 5.74) is 1.14. The second-order valence-corrected chi connectivity index (χ2v) is 9.49. The van der Waals surface area contributed by atoms with Crippen LogP contribution < -0.4 is 9.64 Å². The second kappa shape index (κ2) is 12.1. The Morgan fingerprint density at radius 3 is 2.51 bits per heavy atom. The van der Waals surface area contributed by atoms with Gasteiger partial charge in [0.2, 0.25) is 0 Å². The molecule has 0 saturated heterocycles. The molecule has 0 atom stereocenters. The third-order valence-corrected chi connectivity index (χ3v) is 6.48. The maximum absolute atomic E-state index is 16.3. The van der Waals surface area contributed by atoms with Crippen LogP contribution in [0.5, 0.6) is 11.8 Å². The van der Waals surface area contributed by atoms with E-state index in [9.17, 15) is 9.50 Å². The maximum Gasteiger partial charge on any atom is 0.316 e. The Balaban J connectivity index is 0.00000118. The van der Waals surface area contributed by atoms with Gasteiger partial charge in [-0.1, -0.05) is 32.3 Å². The van der Waals surface area contributed by atoms with E-state index in [1.54, 1.807) is 53.5 Å². The number of halogens is 2.